The van der Waals surface area contributed by atoms with Gasteiger partial charge in [0.2, 0.25) is 0 Å². The maximum absolute atomic E-state index is 11.8. The van der Waals surface area contributed by atoms with E-state index in [4.69, 9.17) is 15.9 Å². The molecule has 0 atom stereocenters. The Morgan fingerprint density at radius 3 is 2.48 bits per heavy atom. The van der Waals surface area contributed by atoms with Crippen LogP contribution in [-0.2, 0) is 20.8 Å². The van der Waals surface area contributed by atoms with E-state index in [0.29, 0.717) is 23.2 Å². The van der Waals surface area contributed by atoms with Crippen LogP contribution >= 0.6 is 0 Å². The number of benzene rings is 1. The van der Waals surface area contributed by atoms with Crippen LogP contribution in [0, 0.1) is 19.3 Å². The van der Waals surface area contributed by atoms with Gasteiger partial charge in [0, 0.05) is 12.1 Å². The number of nitrogens with one attached hydrogen (secondary N) is 1. The van der Waals surface area contributed by atoms with Crippen LogP contribution in [0.5, 0.6) is 0 Å². The largest absolute Gasteiger partial charge is 0.465 e. The Labute approximate surface area is 137 Å². The number of carbonyl (C=O) groups is 2. The Bertz CT molecular complexity index is 636. The van der Waals surface area contributed by atoms with Crippen molar-refractivity contribution >= 4 is 11.9 Å². The molecular formula is C18H23NO4. The average Bonchev–Trinajstić information content (AvgIpc) is 2.45. The smallest absolute Gasteiger partial charge is 0.338 e. The highest BCUT2D eigenvalue weighted by Crippen LogP contribution is 2.17. The van der Waals surface area contributed by atoms with E-state index in [1.807, 2.05) is 26.8 Å². The fourth-order valence-corrected chi connectivity index (χ4v) is 2.03. The number of ether oxygens (including phenoxy) is 2. The zero-order valence-corrected chi connectivity index (χ0v) is 14.3. The first-order chi connectivity index (χ1) is 10.7. The van der Waals surface area contributed by atoms with Gasteiger partial charge in [-0.15, -0.1) is 6.42 Å². The zero-order chi connectivity index (χ0) is 17.6. The van der Waals surface area contributed by atoms with Gasteiger partial charge in [0.05, 0.1) is 19.2 Å². The molecule has 0 unspecified atom stereocenters. The number of methoxy groups -OCH3 is 1. The summed E-state index contributed by atoms with van der Waals surface area (Å²) in [7, 11) is 1.32. The minimum Gasteiger partial charge on any atom is -0.465 e. The molecule has 0 radical (unpaired) electrons. The van der Waals surface area contributed by atoms with Gasteiger partial charge >= 0.3 is 11.9 Å². The average molecular weight is 317 g/mol. The molecule has 0 saturated heterocycles. The first kappa shape index (κ1) is 18.7. The molecule has 0 fully saturated rings. The molecule has 0 aliphatic rings. The van der Waals surface area contributed by atoms with Gasteiger partial charge in [-0.3, -0.25) is 4.79 Å². The van der Waals surface area contributed by atoms with Crippen molar-refractivity contribution in [3.8, 4) is 12.3 Å². The molecule has 5 heteroatoms. The number of hydrogen-bond acceptors (Lipinski definition) is 5. The van der Waals surface area contributed by atoms with Crippen molar-refractivity contribution in [2.45, 2.75) is 39.8 Å². The third-order valence-corrected chi connectivity index (χ3v) is 3.05. The number of rotatable bonds is 5. The third kappa shape index (κ3) is 5.76. The van der Waals surface area contributed by atoms with Gasteiger partial charge in [-0.05, 0) is 51.0 Å². The quantitative estimate of drug-likeness (QED) is 0.666. The molecule has 5 nitrogen and oxygen atoms in total. The van der Waals surface area contributed by atoms with Gasteiger partial charge in [-0.1, -0.05) is 5.92 Å². The van der Waals surface area contributed by atoms with Crippen LogP contribution < -0.4 is 5.32 Å². The minimum atomic E-state index is -0.517. The number of esters is 2. The molecule has 1 N–H and O–H groups in total. The van der Waals surface area contributed by atoms with E-state index in [-0.39, 0.29) is 12.5 Å². The van der Waals surface area contributed by atoms with E-state index in [9.17, 15) is 9.59 Å². The summed E-state index contributed by atoms with van der Waals surface area (Å²) >= 11 is 0. The molecule has 0 aliphatic heterocycles. The van der Waals surface area contributed by atoms with E-state index in [1.54, 1.807) is 13.0 Å². The van der Waals surface area contributed by atoms with Crippen LogP contribution in [0.1, 0.15) is 47.8 Å². The molecular weight excluding hydrogens is 294 g/mol. The van der Waals surface area contributed by atoms with Gasteiger partial charge in [0.25, 0.3) is 0 Å². The van der Waals surface area contributed by atoms with E-state index in [0.717, 1.165) is 5.56 Å². The van der Waals surface area contributed by atoms with Crippen LogP contribution in [0.2, 0.25) is 0 Å². The summed E-state index contributed by atoms with van der Waals surface area (Å²) in [4.78, 5) is 23.5. The Kier molecular flexibility index (Phi) is 6.35. The van der Waals surface area contributed by atoms with Crippen LogP contribution in [0.25, 0.3) is 0 Å². The Balaban J connectivity index is 2.80. The molecule has 1 aromatic carbocycles. The van der Waals surface area contributed by atoms with Crippen LogP contribution in [0.4, 0.5) is 0 Å². The summed E-state index contributed by atoms with van der Waals surface area (Å²) in [5, 5.41) is 2.98. The summed E-state index contributed by atoms with van der Waals surface area (Å²) in [6.07, 6.45) is 5.48. The summed E-state index contributed by atoms with van der Waals surface area (Å²) in [5.41, 5.74) is 2.04. The number of carbonyl (C=O) groups excluding carboxylic acids is 2. The molecule has 0 aromatic heterocycles. The Morgan fingerprint density at radius 1 is 1.30 bits per heavy atom. The highest BCUT2D eigenvalue weighted by Gasteiger charge is 2.16. The fourth-order valence-electron chi connectivity index (χ4n) is 2.03. The normalized spacial score (nSPS) is 10.8. The lowest BCUT2D eigenvalue weighted by atomic mass is 9.99. The van der Waals surface area contributed by atoms with Crippen LogP contribution in [0.15, 0.2) is 12.1 Å². The summed E-state index contributed by atoms with van der Waals surface area (Å²) in [6, 6.07) is 3.52. The lowest BCUT2D eigenvalue weighted by molar-refractivity contribution is -0.153. The summed E-state index contributed by atoms with van der Waals surface area (Å²) in [5.74, 6) is 1.78. The van der Waals surface area contributed by atoms with Crippen molar-refractivity contribution in [2.75, 3.05) is 13.7 Å². The third-order valence-electron chi connectivity index (χ3n) is 3.05. The zero-order valence-electron chi connectivity index (χ0n) is 14.3. The maximum Gasteiger partial charge on any atom is 0.338 e. The second kappa shape index (κ2) is 7.80. The lowest BCUT2D eigenvalue weighted by Crippen LogP contribution is -2.31. The second-order valence-electron chi connectivity index (χ2n) is 6.14. The SMILES string of the molecule is C#Cc1cc(CNCC(=O)OC(C)(C)C)cc(C(=O)OC)c1C. The number of hydrogen-bond donors (Lipinski definition) is 1. The monoisotopic (exact) mass is 317 g/mol. The van der Waals surface area contributed by atoms with Crippen molar-refractivity contribution < 1.29 is 19.1 Å². The van der Waals surface area contributed by atoms with E-state index < -0.39 is 11.6 Å². The van der Waals surface area contributed by atoms with Crippen molar-refractivity contribution in [1.29, 1.82) is 0 Å². The number of terminal acetylenes is 1. The highest BCUT2D eigenvalue weighted by atomic mass is 16.6. The molecule has 0 aliphatic carbocycles. The van der Waals surface area contributed by atoms with Gasteiger partial charge in [0.1, 0.15) is 5.60 Å². The van der Waals surface area contributed by atoms with E-state index in [1.165, 1.54) is 7.11 Å². The van der Waals surface area contributed by atoms with Crippen LogP contribution in [0.3, 0.4) is 0 Å². The van der Waals surface area contributed by atoms with Gasteiger partial charge < -0.3 is 14.8 Å². The standard InChI is InChI=1S/C18H23NO4/c1-7-14-8-13(9-15(12(14)2)17(21)22-6)10-19-11-16(20)23-18(3,4)5/h1,8-9,19H,10-11H2,2-6H3. The van der Waals surface area contributed by atoms with E-state index in [2.05, 4.69) is 11.2 Å². The lowest BCUT2D eigenvalue weighted by Gasteiger charge is -2.19. The van der Waals surface area contributed by atoms with Crippen molar-refractivity contribution in [3.05, 3.63) is 34.4 Å². The first-order valence-corrected chi connectivity index (χ1v) is 7.29. The molecule has 0 heterocycles. The molecule has 1 rings (SSSR count). The van der Waals surface area contributed by atoms with Gasteiger partial charge in [-0.25, -0.2) is 4.79 Å². The summed E-state index contributed by atoms with van der Waals surface area (Å²) in [6.45, 7) is 7.67. The predicted molar refractivity (Wildman–Crippen MR) is 88.0 cm³/mol. The Hall–Kier alpha value is -2.32. The highest BCUT2D eigenvalue weighted by molar-refractivity contribution is 5.92. The van der Waals surface area contributed by atoms with E-state index >= 15 is 0 Å². The molecule has 0 spiro atoms. The molecule has 0 bridgehead atoms. The minimum absolute atomic E-state index is 0.0735. The van der Waals surface area contributed by atoms with Crippen molar-refractivity contribution in [1.82, 2.24) is 5.32 Å². The molecule has 1 aromatic rings. The topological polar surface area (TPSA) is 64.6 Å². The Morgan fingerprint density at radius 2 is 1.96 bits per heavy atom. The van der Waals surface area contributed by atoms with Crippen molar-refractivity contribution in [3.63, 3.8) is 0 Å². The summed E-state index contributed by atoms with van der Waals surface area (Å²) < 4.78 is 9.98. The molecule has 0 saturated carbocycles. The van der Waals surface area contributed by atoms with Gasteiger partial charge in [0.15, 0.2) is 0 Å². The fraction of sp³-hybridized carbons (Fsp3) is 0.444. The first-order valence-electron chi connectivity index (χ1n) is 7.29. The van der Waals surface area contributed by atoms with Crippen molar-refractivity contribution in [2.24, 2.45) is 0 Å². The molecule has 23 heavy (non-hydrogen) atoms. The maximum atomic E-state index is 11.8. The predicted octanol–water partition coefficient (Wildman–Crippen LogP) is 2.19. The van der Waals surface area contributed by atoms with Crippen LogP contribution in [-0.4, -0.2) is 31.2 Å². The second-order valence-corrected chi connectivity index (χ2v) is 6.14. The molecule has 124 valence electrons. The molecule has 0 amide bonds. The van der Waals surface area contributed by atoms with Gasteiger partial charge in [-0.2, -0.15) is 0 Å².